The van der Waals surface area contributed by atoms with E-state index in [1.807, 2.05) is 0 Å². The fraction of sp³-hybridized carbons (Fsp3) is 0.286. The smallest absolute Gasteiger partial charge is 0.294 e. The number of nitrogens with zero attached hydrogens (tertiary/aromatic N) is 1. The zero-order valence-corrected chi connectivity index (χ0v) is 8.70. The molecule has 0 atom stereocenters. The van der Waals surface area contributed by atoms with Crippen molar-refractivity contribution in [2.24, 2.45) is 0 Å². The molecule has 13 heavy (non-hydrogen) atoms. The number of carbonyl (C=O) groups is 1. The lowest BCUT2D eigenvalue weighted by atomic mass is 10.3. The van der Waals surface area contributed by atoms with Gasteiger partial charge in [-0.3, -0.25) is 14.9 Å². The summed E-state index contributed by atoms with van der Waals surface area (Å²) in [6.07, 6.45) is 1.75. The zero-order chi connectivity index (χ0) is 10.0. The van der Waals surface area contributed by atoms with E-state index < -0.39 is 4.92 Å². The maximum Gasteiger partial charge on any atom is 0.294 e. The highest BCUT2D eigenvalue weighted by atomic mass is 32.2. The maximum atomic E-state index is 10.9. The summed E-state index contributed by atoms with van der Waals surface area (Å²) in [4.78, 5) is 21.4. The lowest BCUT2D eigenvalue weighted by Gasteiger charge is -1.87. The maximum absolute atomic E-state index is 10.9. The van der Waals surface area contributed by atoms with E-state index in [2.05, 4.69) is 0 Å². The predicted octanol–water partition coefficient (Wildman–Crippen LogP) is 2.58. The third-order valence-corrected chi connectivity index (χ3v) is 3.76. The standard InChI is InChI=1S/C7H7NO3S2/c1-4(9)6-3-5(8(10)11)7(12-2)13-6/h3H,1-2H3. The number of thioether (sulfide) groups is 1. The highest BCUT2D eigenvalue weighted by Gasteiger charge is 2.19. The fourth-order valence-corrected chi connectivity index (χ4v) is 2.51. The summed E-state index contributed by atoms with van der Waals surface area (Å²) in [5.41, 5.74) is 0.0303. The summed E-state index contributed by atoms with van der Waals surface area (Å²) < 4.78 is 0.579. The molecule has 1 rings (SSSR count). The Bertz CT molecular complexity index is 359. The molecule has 1 aromatic rings. The number of thiophene rings is 1. The second-order valence-corrected chi connectivity index (χ2v) is 4.43. The van der Waals surface area contributed by atoms with E-state index in [0.717, 1.165) is 0 Å². The molecule has 0 saturated heterocycles. The third kappa shape index (κ3) is 2.07. The summed E-state index contributed by atoms with van der Waals surface area (Å²) in [7, 11) is 0. The largest absolute Gasteiger partial charge is 0.294 e. The Morgan fingerprint density at radius 3 is 2.62 bits per heavy atom. The second-order valence-electron chi connectivity index (χ2n) is 2.30. The van der Waals surface area contributed by atoms with Crippen LogP contribution in [0.4, 0.5) is 5.69 Å². The second kappa shape index (κ2) is 3.89. The summed E-state index contributed by atoms with van der Waals surface area (Å²) in [6.45, 7) is 1.40. The van der Waals surface area contributed by atoms with E-state index in [4.69, 9.17) is 0 Å². The summed E-state index contributed by atoms with van der Waals surface area (Å²) in [5.74, 6) is -0.131. The quantitative estimate of drug-likeness (QED) is 0.338. The van der Waals surface area contributed by atoms with Crippen LogP contribution in [0.25, 0.3) is 0 Å². The Balaban J connectivity index is 3.19. The molecule has 0 aliphatic carbocycles. The Morgan fingerprint density at radius 1 is 1.69 bits per heavy atom. The molecule has 0 aliphatic rings. The Hall–Kier alpha value is -0.880. The minimum absolute atomic E-state index is 0.0303. The van der Waals surface area contributed by atoms with Gasteiger partial charge in [0.2, 0.25) is 0 Å². The van der Waals surface area contributed by atoms with Gasteiger partial charge in [-0.1, -0.05) is 0 Å². The van der Waals surface area contributed by atoms with Crippen LogP contribution in [-0.4, -0.2) is 17.0 Å². The van der Waals surface area contributed by atoms with Crippen LogP contribution >= 0.6 is 23.1 Å². The molecule has 1 heterocycles. The number of nitro groups is 1. The number of ketones is 1. The molecule has 0 saturated carbocycles. The van der Waals surface area contributed by atoms with Crippen LogP contribution in [0.1, 0.15) is 16.6 Å². The first kappa shape index (κ1) is 10.2. The van der Waals surface area contributed by atoms with Gasteiger partial charge in [-0.05, 0) is 13.2 Å². The van der Waals surface area contributed by atoms with E-state index in [1.165, 1.54) is 36.1 Å². The number of rotatable bonds is 3. The SMILES string of the molecule is CSc1sc(C(C)=O)cc1[N+](=O)[O-]. The van der Waals surface area contributed by atoms with Crippen LogP contribution < -0.4 is 0 Å². The monoisotopic (exact) mass is 217 g/mol. The van der Waals surface area contributed by atoms with Crippen molar-refractivity contribution in [1.29, 1.82) is 0 Å². The minimum Gasteiger partial charge on any atom is -0.294 e. The van der Waals surface area contributed by atoms with Crippen LogP contribution in [0.15, 0.2) is 10.3 Å². The van der Waals surface area contributed by atoms with E-state index in [0.29, 0.717) is 9.09 Å². The van der Waals surface area contributed by atoms with Gasteiger partial charge in [0.25, 0.3) is 5.69 Å². The van der Waals surface area contributed by atoms with Crippen LogP contribution in [0.2, 0.25) is 0 Å². The van der Waals surface area contributed by atoms with Gasteiger partial charge in [-0.25, -0.2) is 0 Å². The molecule has 0 spiro atoms. The molecule has 0 bridgehead atoms. The molecule has 70 valence electrons. The Kier molecular flexibility index (Phi) is 3.05. The van der Waals surface area contributed by atoms with Gasteiger partial charge in [0.05, 0.1) is 9.80 Å². The van der Waals surface area contributed by atoms with E-state index >= 15 is 0 Å². The van der Waals surface area contributed by atoms with Crippen molar-refractivity contribution in [3.63, 3.8) is 0 Å². The molecule has 1 aromatic heterocycles. The first-order chi connectivity index (χ1) is 6.06. The normalized spacial score (nSPS) is 10.0. The van der Waals surface area contributed by atoms with Gasteiger partial charge in [0.1, 0.15) is 4.21 Å². The van der Waals surface area contributed by atoms with Gasteiger partial charge in [0.15, 0.2) is 5.78 Å². The first-order valence-corrected chi connectivity index (χ1v) is 5.43. The first-order valence-electron chi connectivity index (χ1n) is 3.39. The van der Waals surface area contributed by atoms with Crippen LogP contribution in [0.3, 0.4) is 0 Å². The molecule has 0 radical (unpaired) electrons. The lowest BCUT2D eigenvalue weighted by molar-refractivity contribution is -0.387. The number of hydrogen-bond donors (Lipinski definition) is 0. The molecule has 6 heteroatoms. The molecule has 0 aromatic carbocycles. The van der Waals surface area contributed by atoms with E-state index in [-0.39, 0.29) is 11.5 Å². The zero-order valence-electron chi connectivity index (χ0n) is 7.07. The number of carbonyl (C=O) groups excluding carboxylic acids is 1. The van der Waals surface area contributed by atoms with Crippen molar-refractivity contribution in [1.82, 2.24) is 0 Å². The van der Waals surface area contributed by atoms with Crippen molar-refractivity contribution in [2.45, 2.75) is 11.1 Å². The van der Waals surface area contributed by atoms with Gasteiger partial charge >= 0.3 is 0 Å². The van der Waals surface area contributed by atoms with Crippen molar-refractivity contribution < 1.29 is 9.72 Å². The highest BCUT2D eigenvalue weighted by Crippen LogP contribution is 2.36. The van der Waals surface area contributed by atoms with Crippen molar-refractivity contribution in [3.05, 3.63) is 21.1 Å². The summed E-state index contributed by atoms with van der Waals surface area (Å²) >= 11 is 2.45. The van der Waals surface area contributed by atoms with Crippen LogP contribution in [0, 0.1) is 10.1 Å². The van der Waals surface area contributed by atoms with Crippen molar-refractivity contribution >= 4 is 34.6 Å². The van der Waals surface area contributed by atoms with Gasteiger partial charge in [-0.2, -0.15) is 0 Å². The van der Waals surface area contributed by atoms with Gasteiger partial charge in [-0.15, -0.1) is 23.1 Å². The van der Waals surface area contributed by atoms with E-state index in [1.54, 1.807) is 6.26 Å². The molecule has 0 unspecified atom stereocenters. The van der Waals surface area contributed by atoms with Gasteiger partial charge in [0, 0.05) is 6.07 Å². The average molecular weight is 217 g/mol. The molecule has 0 fully saturated rings. The predicted molar refractivity (Wildman–Crippen MR) is 52.8 cm³/mol. The van der Waals surface area contributed by atoms with E-state index in [9.17, 15) is 14.9 Å². The summed E-state index contributed by atoms with van der Waals surface area (Å²) in [5, 5.41) is 10.5. The topological polar surface area (TPSA) is 60.2 Å². The van der Waals surface area contributed by atoms with Crippen molar-refractivity contribution in [2.75, 3.05) is 6.26 Å². The van der Waals surface area contributed by atoms with Gasteiger partial charge < -0.3 is 0 Å². The fourth-order valence-electron chi connectivity index (χ4n) is 0.812. The Labute approximate surface area is 83.1 Å². The number of Topliss-reactive ketones (excluding diaryl/α,β-unsaturated/α-hetero) is 1. The molecular weight excluding hydrogens is 210 g/mol. The lowest BCUT2D eigenvalue weighted by Crippen LogP contribution is -1.87. The molecule has 0 N–H and O–H groups in total. The molecule has 0 aliphatic heterocycles. The Morgan fingerprint density at radius 2 is 2.31 bits per heavy atom. The molecule has 4 nitrogen and oxygen atoms in total. The summed E-state index contributed by atoms with van der Waals surface area (Å²) in [6, 6.07) is 1.33. The molecule has 0 amide bonds. The average Bonchev–Trinajstić information content (AvgIpc) is 2.47. The highest BCUT2D eigenvalue weighted by molar-refractivity contribution is 8.00. The minimum atomic E-state index is -0.464. The van der Waals surface area contributed by atoms with Crippen molar-refractivity contribution in [3.8, 4) is 0 Å². The van der Waals surface area contributed by atoms with Crippen LogP contribution in [-0.2, 0) is 0 Å². The number of hydrogen-bond acceptors (Lipinski definition) is 5. The third-order valence-electron chi connectivity index (χ3n) is 1.41. The van der Waals surface area contributed by atoms with Crippen LogP contribution in [0.5, 0.6) is 0 Å². The molecular formula is C7H7NO3S2.